The zero-order chi connectivity index (χ0) is 26.0. The van der Waals surface area contributed by atoms with Gasteiger partial charge in [0.15, 0.2) is 0 Å². The first-order chi connectivity index (χ1) is 17.7. The number of aromatic nitrogens is 3. The van der Waals surface area contributed by atoms with Gasteiger partial charge in [-0.15, -0.1) is 13.2 Å². The van der Waals surface area contributed by atoms with Gasteiger partial charge in [0, 0.05) is 23.4 Å². The molecule has 37 heavy (non-hydrogen) atoms. The van der Waals surface area contributed by atoms with E-state index in [2.05, 4.69) is 14.9 Å². The topological polar surface area (TPSA) is 99.7 Å². The Kier molecular flexibility index (Phi) is 6.49. The fraction of sp³-hybridized carbons (Fsp3) is 0.200. The minimum atomic E-state index is -4.79. The third-order valence-electron chi connectivity index (χ3n) is 5.51. The maximum atomic E-state index is 12.6. The fourth-order valence-electron chi connectivity index (χ4n) is 3.80. The van der Waals surface area contributed by atoms with Crippen LogP contribution in [-0.2, 0) is 11.4 Å². The molecule has 0 aliphatic carbocycles. The third-order valence-corrected chi connectivity index (χ3v) is 5.51. The summed E-state index contributed by atoms with van der Waals surface area (Å²) in [4.78, 5) is 34.7. The van der Waals surface area contributed by atoms with Crippen LogP contribution in [-0.4, -0.2) is 45.2 Å². The van der Waals surface area contributed by atoms with E-state index in [1.807, 2.05) is 0 Å². The number of carbonyl (C=O) groups is 1. The van der Waals surface area contributed by atoms with Crippen molar-refractivity contribution in [1.82, 2.24) is 19.8 Å². The van der Waals surface area contributed by atoms with Gasteiger partial charge in [-0.05, 0) is 54.4 Å². The van der Waals surface area contributed by atoms with Crippen molar-refractivity contribution in [2.45, 2.75) is 19.3 Å². The van der Waals surface area contributed by atoms with Gasteiger partial charge < -0.3 is 13.8 Å². The molecule has 0 spiro atoms. The van der Waals surface area contributed by atoms with Crippen molar-refractivity contribution in [2.75, 3.05) is 13.2 Å². The molecule has 2 aromatic carbocycles. The predicted molar refractivity (Wildman–Crippen MR) is 123 cm³/mol. The highest BCUT2D eigenvalue weighted by molar-refractivity contribution is 5.93. The van der Waals surface area contributed by atoms with Crippen molar-refractivity contribution in [3.05, 3.63) is 88.3 Å². The van der Waals surface area contributed by atoms with E-state index in [1.54, 1.807) is 30.5 Å². The average molecular weight is 512 g/mol. The van der Waals surface area contributed by atoms with Crippen molar-refractivity contribution in [3.8, 4) is 28.6 Å². The summed E-state index contributed by atoms with van der Waals surface area (Å²) in [5, 5.41) is 5.21. The minimum Gasteiger partial charge on any atom is -0.406 e. The van der Waals surface area contributed by atoms with Crippen molar-refractivity contribution in [3.63, 3.8) is 0 Å². The Balaban J connectivity index is 1.34. The average Bonchev–Trinajstić information content (AvgIpc) is 3.58. The van der Waals surface area contributed by atoms with Gasteiger partial charge in [-0.1, -0.05) is 17.3 Å². The monoisotopic (exact) mass is 512 g/mol. The molecule has 0 unspecified atom stereocenters. The van der Waals surface area contributed by atoms with Gasteiger partial charge in [0.1, 0.15) is 5.75 Å². The Morgan fingerprint density at radius 1 is 1.05 bits per heavy atom. The van der Waals surface area contributed by atoms with E-state index in [0.717, 1.165) is 24.1 Å². The molecule has 9 nitrogen and oxygen atoms in total. The van der Waals surface area contributed by atoms with Crippen LogP contribution in [0.4, 0.5) is 13.2 Å². The lowest BCUT2D eigenvalue weighted by Gasteiger charge is -2.14. The zero-order valence-corrected chi connectivity index (χ0v) is 19.1. The molecule has 1 amide bonds. The van der Waals surface area contributed by atoms with Gasteiger partial charge in [-0.2, -0.15) is 4.98 Å². The minimum absolute atomic E-state index is 0.120. The van der Waals surface area contributed by atoms with Crippen LogP contribution in [0.3, 0.4) is 0 Å². The molecule has 190 valence electrons. The maximum absolute atomic E-state index is 12.6. The first kappa shape index (κ1) is 24.3. The normalized spacial score (nSPS) is 13.6. The Labute approximate surface area is 207 Å². The SMILES string of the molecule is O=C(c1cccc(Cn2cc(-c3nc(-c4ccc(OC(F)(F)F)cc4)no3)ccc2=O)c1)N1CCCO1. The maximum Gasteiger partial charge on any atom is 0.573 e. The van der Waals surface area contributed by atoms with E-state index >= 15 is 0 Å². The van der Waals surface area contributed by atoms with Crippen LogP contribution < -0.4 is 10.3 Å². The van der Waals surface area contributed by atoms with E-state index < -0.39 is 6.36 Å². The van der Waals surface area contributed by atoms with Gasteiger partial charge in [-0.3, -0.25) is 14.4 Å². The number of pyridine rings is 1. The summed E-state index contributed by atoms with van der Waals surface area (Å²) in [5.74, 6) is -0.334. The highest BCUT2D eigenvalue weighted by Crippen LogP contribution is 2.27. The van der Waals surface area contributed by atoms with Crippen LogP contribution in [0.15, 0.2) is 76.2 Å². The molecule has 0 N–H and O–H groups in total. The van der Waals surface area contributed by atoms with Gasteiger partial charge >= 0.3 is 6.36 Å². The number of halogens is 3. The molecule has 1 aliphatic heterocycles. The number of hydrogen-bond donors (Lipinski definition) is 0. The number of hydrogen-bond acceptors (Lipinski definition) is 7. The number of rotatable bonds is 6. The molecule has 1 aliphatic rings. The van der Waals surface area contributed by atoms with Crippen LogP contribution >= 0.6 is 0 Å². The van der Waals surface area contributed by atoms with Crippen LogP contribution in [0.25, 0.3) is 22.8 Å². The summed E-state index contributed by atoms with van der Waals surface area (Å²) in [6, 6.07) is 14.9. The highest BCUT2D eigenvalue weighted by atomic mass is 19.4. The fourth-order valence-corrected chi connectivity index (χ4v) is 3.80. The largest absolute Gasteiger partial charge is 0.573 e. The number of alkyl halides is 3. The Hall–Kier alpha value is -4.45. The van der Waals surface area contributed by atoms with Gasteiger partial charge in [0.05, 0.1) is 25.3 Å². The standard InChI is InChI=1S/C25H19F3N4O5/c26-25(27,28)36-20-8-5-17(6-9-20)22-29-23(37-30-22)19-7-10-21(33)31(15-19)14-16-3-1-4-18(13-16)24(34)32-11-2-12-35-32/h1,3-10,13,15H,2,11-12,14H2. The van der Waals surface area contributed by atoms with Crippen molar-refractivity contribution in [1.29, 1.82) is 0 Å². The third kappa shape index (κ3) is 5.70. The summed E-state index contributed by atoms with van der Waals surface area (Å²) in [6.45, 7) is 1.22. The number of carbonyl (C=O) groups excluding carboxylic acids is 1. The second-order valence-corrected chi connectivity index (χ2v) is 8.17. The van der Waals surface area contributed by atoms with Gasteiger partial charge in [0.2, 0.25) is 5.82 Å². The smallest absolute Gasteiger partial charge is 0.406 e. The molecular formula is C25H19F3N4O5. The van der Waals surface area contributed by atoms with E-state index in [9.17, 15) is 22.8 Å². The molecule has 0 radical (unpaired) electrons. The lowest BCUT2D eigenvalue weighted by molar-refractivity contribution is -0.274. The predicted octanol–water partition coefficient (Wildman–Crippen LogP) is 4.29. The molecule has 0 bridgehead atoms. The van der Waals surface area contributed by atoms with Crippen molar-refractivity contribution < 1.29 is 32.1 Å². The molecular weight excluding hydrogens is 493 g/mol. The summed E-state index contributed by atoms with van der Waals surface area (Å²) >= 11 is 0. The summed E-state index contributed by atoms with van der Waals surface area (Å²) < 4.78 is 47.7. The molecule has 12 heteroatoms. The van der Waals surface area contributed by atoms with E-state index in [-0.39, 0.29) is 35.5 Å². The zero-order valence-electron chi connectivity index (χ0n) is 19.1. The lowest BCUT2D eigenvalue weighted by atomic mass is 10.1. The summed E-state index contributed by atoms with van der Waals surface area (Å²) in [6.07, 6.45) is -2.45. The number of ether oxygens (including phenoxy) is 1. The molecule has 1 saturated heterocycles. The van der Waals surface area contributed by atoms with E-state index in [1.165, 1.54) is 33.9 Å². The Morgan fingerprint density at radius 2 is 1.84 bits per heavy atom. The molecule has 5 rings (SSSR count). The second-order valence-electron chi connectivity index (χ2n) is 8.17. The highest BCUT2D eigenvalue weighted by Gasteiger charge is 2.31. The van der Waals surface area contributed by atoms with Crippen LogP contribution in [0.1, 0.15) is 22.3 Å². The summed E-state index contributed by atoms with van der Waals surface area (Å²) in [7, 11) is 0. The number of nitrogens with zero attached hydrogens (tertiary/aromatic N) is 4. The molecule has 1 fully saturated rings. The Bertz CT molecular complexity index is 1470. The quantitative estimate of drug-likeness (QED) is 0.380. The number of hydroxylamine groups is 2. The number of benzene rings is 2. The molecule has 3 heterocycles. The molecule has 2 aromatic heterocycles. The number of amides is 1. The van der Waals surface area contributed by atoms with Crippen LogP contribution in [0, 0.1) is 0 Å². The van der Waals surface area contributed by atoms with Crippen molar-refractivity contribution in [2.24, 2.45) is 0 Å². The second kappa shape index (κ2) is 9.90. The Morgan fingerprint density at radius 3 is 2.57 bits per heavy atom. The van der Waals surface area contributed by atoms with Gasteiger partial charge in [0.25, 0.3) is 17.4 Å². The van der Waals surface area contributed by atoms with E-state index in [4.69, 9.17) is 9.36 Å². The van der Waals surface area contributed by atoms with Crippen LogP contribution in [0.2, 0.25) is 0 Å². The first-order valence-electron chi connectivity index (χ1n) is 11.2. The molecule has 4 aromatic rings. The summed E-state index contributed by atoms with van der Waals surface area (Å²) in [5.41, 5.74) is 1.80. The van der Waals surface area contributed by atoms with E-state index in [0.29, 0.717) is 29.8 Å². The van der Waals surface area contributed by atoms with Gasteiger partial charge in [-0.25, -0.2) is 5.06 Å². The van der Waals surface area contributed by atoms with Crippen LogP contribution in [0.5, 0.6) is 5.75 Å². The first-order valence-corrected chi connectivity index (χ1v) is 11.2. The molecule has 0 atom stereocenters. The van der Waals surface area contributed by atoms with Crippen molar-refractivity contribution >= 4 is 5.91 Å². The molecule has 0 saturated carbocycles. The lowest BCUT2D eigenvalue weighted by Crippen LogP contribution is -2.26.